The summed E-state index contributed by atoms with van der Waals surface area (Å²) in [5, 5.41) is 28.2. The number of anilines is 7. The van der Waals surface area contributed by atoms with Crippen LogP contribution >= 0.6 is 23.2 Å². The minimum Gasteiger partial charge on any atom is -0.494 e. The fraction of sp³-hybridized carbons (Fsp3) is 0.114. The van der Waals surface area contributed by atoms with E-state index in [0.29, 0.717) is 29.4 Å². The van der Waals surface area contributed by atoms with Crippen molar-refractivity contribution in [2.45, 2.75) is 44.4 Å². The molecule has 0 aliphatic carbocycles. The van der Waals surface area contributed by atoms with E-state index in [1.807, 2.05) is 0 Å². The van der Waals surface area contributed by atoms with Gasteiger partial charge in [0.1, 0.15) is 36.7 Å². The van der Waals surface area contributed by atoms with Crippen LogP contribution < -0.4 is 37.1 Å². The molecule has 8 aromatic rings. The van der Waals surface area contributed by atoms with Crippen molar-refractivity contribution >= 4 is 313 Å². The molecule has 5 radical (unpaired) electrons. The number of amides is 2. The number of methoxy groups -OCH3 is 1. The molecule has 445 valence electrons. The summed E-state index contributed by atoms with van der Waals surface area (Å²) in [5.41, 5.74) is 5.22. The quantitative estimate of drug-likeness (QED) is 0.0235. The molecule has 0 aliphatic heterocycles. The van der Waals surface area contributed by atoms with Crippen molar-refractivity contribution in [3.8, 4) is 5.75 Å². The predicted molar refractivity (Wildman–Crippen MR) is 329 cm³/mol. The van der Waals surface area contributed by atoms with Crippen LogP contribution in [0.2, 0.25) is 10.6 Å². The maximum Gasteiger partial charge on any atom is 0.316 e. The number of carbonyl (C=O) groups is 1. The number of nitrogens with two attached hydrogens (primary N) is 1. The number of nitrogens with one attached hydrogen (secondary N) is 5. The van der Waals surface area contributed by atoms with Crippen molar-refractivity contribution in [1.82, 2.24) is 29.9 Å². The van der Waals surface area contributed by atoms with Gasteiger partial charge in [-0.05, 0) is 115 Å². The maximum atomic E-state index is 12.5. The van der Waals surface area contributed by atoms with Crippen molar-refractivity contribution in [2.24, 2.45) is 26.2 Å². The Morgan fingerprint density at radius 2 is 1.12 bits per heavy atom. The van der Waals surface area contributed by atoms with Gasteiger partial charge in [-0.25, -0.2) is 4.79 Å². The van der Waals surface area contributed by atoms with Gasteiger partial charge < -0.3 is 37.1 Å². The normalized spacial score (nSPS) is 12.2. The third-order valence-electron chi connectivity index (χ3n) is 11.3. The number of nitrogens with zero attached hydrogens (tertiary/aromatic N) is 10. The zero-order valence-electron chi connectivity index (χ0n) is 47.3. The van der Waals surface area contributed by atoms with Crippen LogP contribution in [0.4, 0.5) is 68.4 Å². The fourth-order valence-electron chi connectivity index (χ4n) is 7.70. The first-order valence-corrected chi connectivity index (χ1v) is 30.7. The van der Waals surface area contributed by atoms with Crippen molar-refractivity contribution in [3.63, 3.8) is 0 Å². The second-order valence-electron chi connectivity index (χ2n) is 17.3. The van der Waals surface area contributed by atoms with Crippen LogP contribution in [0, 0.1) is 6.92 Å². The van der Waals surface area contributed by atoms with Crippen LogP contribution in [0.3, 0.4) is 0 Å². The van der Waals surface area contributed by atoms with Gasteiger partial charge in [-0.1, -0.05) is 12.1 Å². The van der Waals surface area contributed by atoms with Crippen LogP contribution in [-0.4, -0.2) is 268 Å². The third kappa shape index (κ3) is 20.7. The molecule has 1 atom stereocenters. The van der Waals surface area contributed by atoms with Gasteiger partial charge in [0.25, 0.3) is 50.6 Å². The third-order valence-corrected chi connectivity index (χ3v) is 16.0. The molecule has 33 nitrogen and oxygen atoms in total. The van der Waals surface area contributed by atoms with Crippen LogP contribution in [-0.2, 0) is 50.6 Å². The van der Waals surface area contributed by atoms with Crippen molar-refractivity contribution in [2.75, 3.05) is 40.2 Å². The summed E-state index contributed by atoms with van der Waals surface area (Å²) in [6.45, 7) is 3.45. The topological polar surface area (TPSA) is 511 Å². The Kier molecular flexibility index (Phi) is 28.7. The molecular formula is C44H38Cl2N16Na5O17S5. The van der Waals surface area contributed by atoms with Crippen LogP contribution in [0.15, 0.2) is 130 Å². The molecule has 45 heteroatoms. The van der Waals surface area contributed by atoms with Crippen LogP contribution in [0.5, 0.6) is 5.75 Å². The second kappa shape index (κ2) is 32.1. The molecule has 2 aromatic heterocycles. The average molecular weight is 1410 g/mol. The number of aryl methyl sites for hydroxylation is 1. The number of azo groups is 2. The van der Waals surface area contributed by atoms with E-state index in [0.717, 1.165) is 18.2 Å². The van der Waals surface area contributed by atoms with E-state index in [2.05, 4.69) is 76.9 Å². The van der Waals surface area contributed by atoms with Crippen LogP contribution in [0.1, 0.15) is 12.5 Å². The smallest absolute Gasteiger partial charge is 0.316 e. The fourth-order valence-corrected chi connectivity index (χ4v) is 11.4. The molecule has 0 spiro atoms. The Morgan fingerprint density at radius 3 is 1.72 bits per heavy atom. The van der Waals surface area contributed by atoms with Gasteiger partial charge >= 0.3 is 6.03 Å². The first-order valence-electron chi connectivity index (χ1n) is 22.8. The number of rotatable bonds is 20. The van der Waals surface area contributed by atoms with Gasteiger partial charge in [0.15, 0.2) is 0 Å². The first kappa shape index (κ1) is 79.7. The largest absolute Gasteiger partial charge is 0.494 e. The molecule has 6 aromatic carbocycles. The minimum atomic E-state index is -5.25. The summed E-state index contributed by atoms with van der Waals surface area (Å²) in [5.74, 6) is -0.0511. The number of hydrogen-bond acceptors (Lipinski definition) is 26. The van der Waals surface area contributed by atoms with E-state index in [1.165, 1.54) is 49.6 Å². The summed E-state index contributed by atoms with van der Waals surface area (Å²) in [7, 11) is -24.0. The summed E-state index contributed by atoms with van der Waals surface area (Å²) in [4.78, 5) is 32.7. The summed E-state index contributed by atoms with van der Waals surface area (Å²) in [6, 6.07) is 13.3. The molecule has 0 aliphatic rings. The van der Waals surface area contributed by atoms with Crippen LogP contribution in [0.25, 0.3) is 21.5 Å². The molecule has 0 saturated carbocycles. The molecule has 0 fully saturated rings. The summed E-state index contributed by atoms with van der Waals surface area (Å²) in [6.07, 6.45) is 0. The van der Waals surface area contributed by atoms with Gasteiger partial charge in [-0.15, -0.1) is 10.2 Å². The molecule has 2 amide bonds. The van der Waals surface area contributed by atoms with Gasteiger partial charge in [-0.3, -0.25) is 22.8 Å². The van der Waals surface area contributed by atoms with E-state index in [4.69, 9.17) is 33.7 Å². The number of ether oxygens (including phenoxy) is 1. The number of hydrogen-bond donors (Lipinski definition) is 11. The number of benzene rings is 6. The van der Waals surface area contributed by atoms with E-state index >= 15 is 0 Å². The van der Waals surface area contributed by atoms with Crippen molar-refractivity contribution < 1.29 is 74.4 Å². The zero-order valence-corrected chi connectivity index (χ0v) is 62.9. The Bertz CT molecular complexity index is 4730. The zero-order chi connectivity index (χ0) is 61.4. The number of halogens is 2. The van der Waals surface area contributed by atoms with Gasteiger partial charge in [0, 0.05) is 188 Å². The Balaban J connectivity index is 0.00000414. The van der Waals surface area contributed by atoms with E-state index in [9.17, 15) is 69.6 Å². The Labute approximate surface area is 626 Å². The molecule has 12 N–H and O–H groups in total. The monoisotopic (exact) mass is 1410 g/mol. The second-order valence-corrected chi connectivity index (χ2v) is 24.9. The molecule has 0 bridgehead atoms. The molecular weight excluding hydrogens is 1370 g/mol. The van der Waals surface area contributed by atoms with Gasteiger partial charge in [-0.2, -0.15) is 82.2 Å². The molecule has 2 heterocycles. The minimum absolute atomic E-state index is 0. The Hall–Kier alpha value is -3.54. The molecule has 0 saturated heterocycles. The number of carbonyl (C=O) groups excluding carboxylic acids is 1. The maximum absolute atomic E-state index is 12.5. The summed E-state index contributed by atoms with van der Waals surface area (Å²) >= 11 is 12.5. The Morgan fingerprint density at radius 1 is 0.562 bits per heavy atom. The molecule has 89 heavy (non-hydrogen) atoms. The standard InChI is InChI=1S/C44H38Cl2N16O17S5.5Na/c1-19-9-31(33(79-3)17-29(19)61-59-23-12-27-25(35(14-23)82(70,71)72)5-4-6-34(27)81(67,68)69)52-44-56-38(45)53-41(57-44)48-18-20(2)49-42-54-39(46)55-43(58-42)50-22-7-8-28(30(13-22)51-40(47)63)60-62-32-16-26-21(11-37(32)84(76,77)78)10-24(80(64,65)66)15-36(26)83(73,74)75;;;;;/h4-17,20H,18H2,1-3H3,(H3,47,51,63)(H,64,65,66)(H,67,68,69)(H,70,71,72)(H,73,74,75)(H,76,77,78)(H2,48,52,53,56,57)(H2,49,50,54,55,58);;;;;. The van der Waals surface area contributed by atoms with Crippen molar-refractivity contribution in [1.29, 1.82) is 0 Å². The average Bonchev–Trinajstić information content (AvgIpc) is 0.891. The number of aromatic nitrogens is 6. The number of fused-ring (bicyclic) bond motifs is 2. The van der Waals surface area contributed by atoms with Crippen molar-refractivity contribution in [3.05, 3.63) is 101 Å². The predicted octanol–water partition coefficient (Wildman–Crippen LogP) is 6.04. The molecule has 8 rings (SSSR count). The van der Waals surface area contributed by atoms with E-state index < -0.39 is 104 Å². The first-order chi connectivity index (χ1) is 39.1. The number of urea groups is 1. The van der Waals surface area contributed by atoms with E-state index in [1.54, 1.807) is 19.9 Å². The van der Waals surface area contributed by atoms with Gasteiger partial charge in [0.2, 0.25) is 34.4 Å². The summed E-state index contributed by atoms with van der Waals surface area (Å²) < 4.78 is 177. The van der Waals surface area contributed by atoms with Gasteiger partial charge in [0.05, 0.1) is 34.8 Å². The molecule has 1 unspecified atom stereocenters. The number of primary amides is 1. The SMILES string of the molecule is COc1cc(N=Nc2cc(S(=O)(=O)O)c3cccc(S(=O)(=O)O)c3c2)c(C)cc1Nc1nc(Cl)nc(NCC(C)Nc2nc(Cl)nc(Nc3ccc(N=Nc4cc5c(S(=O)(=O)O)cc(S(=O)(=O)O)cc5cc4S(=O)(=O)O)c(NC(N)=O)c3)n2)n1.[Na].[Na].[Na].[Na].[Na]. The van der Waals surface area contributed by atoms with E-state index in [-0.39, 0.29) is 234 Å².